The maximum atomic E-state index is 13.2. The monoisotopic (exact) mass is 527 g/mol. The summed E-state index contributed by atoms with van der Waals surface area (Å²) < 4.78 is 0. The molecule has 36 heavy (non-hydrogen) atoms. The van der Waals surface area contributed by atoms with Crippen molar-refractivity contribution in [3.8, 4) is 0 Å². The number of nitrogens with two attached hydrogens (primary N) is 2. The summed E-state index contributed by atoms with van der Waals surface area (Å²) in [5.74, 6) is -2.43. The number of amides is 3. The van der Waals surface area contributed by atoms with Gasteiger partial charge in [0.05, 0.1) is 12.4 Å². The second kappa shape index (κ2) is 16.9. The number of aromatic amines is 1. The number of carbonyl (C=O) groups excluding carboxylic acids is 3. The highest BCUT2D eigenvalue weighted by molar-refractivity contribution is 7.98. The second-order valence-electron chi connectivity index (χ2n) is 8.79. The molecule has 1 rings (SSSR count). The molecule has 204 valence electrons. The minimum absolute atomic E-state index is 0.0567. The molecular weight excluding hydrogens is 486 g/mol. The number of carbonyl (C=O) groups is 4. The SMILES string of the molecule is CCC(C)C(NC(=O)C(Cc1cnc[nH]1)NC(=O)C(CCCCN)NC(=O)C(N)CCSC)C(=O)O. The summed E-state index contributed by atoms with van der Waals surface area (Å²) >= 11 is 1.57. The first-order chi connectivity index (χ1) is 17.1. The first-order valence-electron chi connectivity index (χ1n) is 12.2. The van der Waals surface area contributed by atoms with Gasteiger partial charge in [-0.25, -0.2) is 9.78 Å². The van der Waals surface area contributed by atoms with E-state index in [-0.39, 0.29) is 12.3 Å². The molecule has 9 N–H and O–H groups in total. The molecule has 0 spiro atoms. The Balaban J connectivity index is 3.05. The van der Waals surface area contributed by atoms with Crippen LogP contribution in [0.3, 0.4) is 0 Å². The number of hydrogen-bond acceptors (Lipinski definition) is 8. The number of unbranched alkanes of at least 4 members (excludes halogenated alkanes) is 1. The van der Waals surface area contributed by atoms with Gasteiger partial charge in [-0.15, -0.1) is 0 Å². The third kappa shape index (κ3) is 11.0. The quantitative estimate of drug-likeness (QED) is 0.125. The molecule has 0 aromatic carbocycles. The normalized spacial score (nSPS) is 15.2. The van der Waals surface area contributed by atoms with Crippen LogP contribution >= 0.6 is 11.8 Å². The fraction of sp³-hybridized carbons (Fsp3) is 0.696. The van der Waals surface area contributed by atoms with E-state index in [0.29, 0.717) is 50.1 Å². The molecule has 5 atom stereocenters. The van der Waals surface area contributed by atoms with Crippen molar-refractivity contribution in [1.82, 2.24) is 25.9 Å². The van der Waals surface area contributed by atoms with Crippen LogP contribution in [0.4, 0.5) is 0 Å². The predicted molar refractivity (Wildman–Crippen MR) is 139 cm³/mol. The summed E-state index contributed by atoms with van der Waals surface area (Å²) in [7, 11) is 0. The van der Waals surface area contributed by atoms with Crippen LogP contribution in [0.5, 0.6) is 0 Å². The van der Waals surface area contributed by atoms with Crippen molar-refractivity contribution in [2.24, 2.45) is 17.4 Å². The molecule has 0 fully saturated rings. The van der Waals surface area contributed by atoms with E-state index in [1.54, 1.807) is 18.7 Å². The van der Waals surface area contributed by atoms with Gasteiger partial charge in [-0.1, -0.05) is 20.3 Å². The number of H-pyrrole nitrogens is 1. The maximum Gasteiger partial charge on any atom is 0.326 e. The molecule has 13 heteroatoms. The van der Waals surface area contributed by atoms with Gasteiger partial charge >= 0.3 is 5.97 Å². The standard InChI is InChI=1S/C23H41N7O5S/c1-4-14(2)19(23(34)35)30-22(33)18(11-15-12-26-13-27-15)29-21(32)17(7-5-6-9-24)28-20(31)16(25)8-10-36-3/h12-14,16-19H,4-11,24-25H2,1-3H3,(H,26,27)(H,28,31)(H,29,32)(H,30,33)(H,34,35). The number of imidazole rings is 1. The summed E-state index contributed by atoms with van der Waals surface area (Å²) in [6.07, 6.45) is 7.48. The summed E-state index contributed by atoms with van der Waals surface area (Å²) in [4.78, 5) is 57.5. The number of nitrogens with zero attached hydrogens (tertiary/aromatic N) is 1. The topological polar surface area (TPSA) is 205 Å². The number of nitrogens with one attached hydrogen (secondary N) is 4. The van der Waals surface area contributed by atoms with Crippen LogP contribution in [0.25, 0.3) is 0 Å². The largest absolute Gasteiger partial charge is 0.480 e. The first kappa shape index (κ1) is 31.4. The van der Waals surface area contributed by atoms with Gasteiger partial charge in [0.1, 0.15) is 18.1 Å². The number of carboxylic acid groups (broad SMARTS) is 1. The summed E-state index contributed by atoms with van der Waals surface area (Å²) in [6, 6.07) is -3.90. The van der Waals surface area contributed by atoms with Crippen molar-refractivity contribution in [1.29, 1.82) is 0 Å². The highest BCUT2D eigenvalue weighted by atomic mass is 32.2. The van der Waals surface area contributed by atoms with Gasteiger partial charge in [0.25, 0.3) is 0 Å². The Kier molecular flexibility index (Phi) is 14.8. The zero-order valence-corrected chi connectivity index (χ0v) is 22.1. The van der Waals surface area contributed by atoms with Gasteiger partial charge in [0, 0.05) is 18.3 Å². The van der Waals surface area contributed by atoms with Crippen molar-refractivity contribution < 1.29 is 24.3 Å². The molecule has 1 heterocycles. The van der Waals surface area contributed by atoms with E-state index in [0.717, 1.165) is 0 Å². The van der Waals surface area contributed by atoms with E-state index in [2.05, 4.69) is 25.9 Å². The third-order valence-corrected chi connectivity index (χ3v) is 6.58. The van der Waals surface area contributed by atoms with Crippen LogP contribution in [-0.4, -0.2) is 81.5 Å². The van der Waals surface area contributed by atoms with Crippen molar-refractivity contribution in [3.63, 3.8) is 0 Å². The van der Waals surface area contributed by atoms with Gasteiger partial charge in [-0.3, -0.25) is 14.4 Å². The molecule has 0 aliphatic carbocycles. The van der Waals surface area contributed by atoms with E-state index in [4.69, 9.17) is 11.5 Å². The van der Waals surface area contributed by atoms with Crippen LogP contribution in [-0.2, 0) is 25.6 Å². The molecule has 0 saturated heterocycles. The first-order valence-corrected chi connectivity index (χ1v) is 13.6. The maximum absolute atomic E-state index is 13.2. The lowest BCUT2D eigenvalue weighted by Crippen LogP contribution is -2.58. The number of thioether (sulfide) groups is 1. The Morgan fingerprint density at radius 2 is 1.75 bits per heavy atom. The zero-order valence-electron chi connectivity index (χ0n) is 21.3. The average Bonchev–Trinajstić information content (AvgIpc) is 3.37. The molecule has 0 bridgehead atoms. The van der Waals surface area contributed by atoms with E-state index in [9.17, 15) is 24.3 Å². The van der Waals surface area contributed by atoms with Crippen LogP contribution in [0.2, 0.25) is 0 Å². The second-order valence-corrected chi connectivity index (χ2v) is 9.77. The van der Waals surface area contributed by atoms with E-state index >= 15 is 0 Å². The minimum Gasteiger partial charge on any atom is -0.480 e. The lowest BCUT2D eigenvalue weighted by molar-refractivity contribution is -0.143. The molecule has 3 amide bonds. The fourth-order valence-corrected chi connectivity index (χ4v) is 3.94. The van der Waals surface area contributed by atoms with Crippen LogP contribution in [0.15, 0.2) is 12.5 Å². The lowest BCUT2D eigenvalue weighted by Gasteiger charge is -2.26. The Bertz CT molecular complexity index is 824. The number of rotatable bonds is 18. The number of hydrogen-bond donors (Lipinski definition) is 7. The number of carboxylic acids is 1. The Labute approximate surface area is 216 Å². The average molecular weight is 528 g/mol. The minimum atomic E-state index is -1.16. The Morgan fingerprint density at radius 1 is 1.08 bits per heavy atom. The highest BCUT2D eigenvalue weighted by Gasteiger charge is 2.32. The van der Waals surface area contributed by atoms with Crippen molar-refractivity contribution in [3.05, 3.63) is 18.2 Å². The zero-order chi connectivity index (χ0) is 27.1. The lowest BCUT2D eigenvalue weighted by atomic mass is 9.98. The molecule has 0 aliphatic rings. The summed E-state index contributed by atoms with van der Waals surface area (Å²) in [5.41, 5.74) is 12.1. The highest BCUT2D eigenvalue weighted by Crippen LogP contribution is 2.10. The third-order valence-electron chi connectivity index (χ3n) is 5.94. The van der Waals surface area contributed by atoms with Crippen LogP contribution in [0.1, 0.15) is 51.6 Å². The molecule has 0 aliphatic heterocycles. The van der Waals surface area contributed by atoms with Crippen molar-refractivity contribution in [2.75, 3.05) is 18.6 Å². The van der Waals surface area contributed by atoms with E-state index in [1.165, 1.54) is 12.5 Å². The van der Waals surface area contributed by atoms with E-state index < -0.39 is 47.9 Å². The van der Waals surface area contributed by atoms with Crippen LogP contribution < -0.4 is 27.4 Å². The van der Waals surface area contributed by atoms with Crippen LogP contribution in [0, 0.1) is 5.92 Å². The molecule has 0 radical (unpaired) electrons. The molecule has 1 aromatic rings. The van der Waals surface area contributed by atoms with Gasteiger partial charge in [-0.05, 0) is 50.2 Å². The number of aliphatic carboxylic acids is 1. The Hall–Kier alpha value is -2.64. The summed E-state index contributed by atoms with van der Waals surface area (Å²) in [5, 5.41) is 17.5. The Morgan fingerprint density at radius 3 is 2.31 bits per heavy atom. The number of aromatic nitrogens is 2. The van der Waals surface area contributed by atoms with E-state index in [1.807, 2.05) is 13.2 Å². The molecular formula is C23H41N7O5S. The van der Waals surface area contributed by atoms with Crippen molar-refractivity contribution >= 4 is 35.5 Å². The fourth-order valence-electron chi connectivity index (χ4n) is 3.45. The predicted octanol–water partition coefficient (Wildman–Crippen LogP) is -0.253. The summed E-state index contributed by atoms with van der Waals surface area (Å²) in [6.45, 7) is 3.99. The smallest absolute Gasteiger partial charge is 0.326 e. The van der Waals surface area contributed by atoms with Gasteiger partial charge < -0.3 is 37.5 Å². The molecule has 12 nitrogen and oxygen atoms in total. The van der Waals surface area contributed by atoms with Crippen molar-refractivity contribution in [2.45, 2.75) is 76.5 Å². The molecule has 1 aromatic heterocycles. The molecule has 0 saturated carbocycles. The van der Waals surface area contributed by atoms with Gasteiger partial charge in [0.15, 0.2) is 0 Å². The van der Waals surface area contributed by atoms with Gasteiger partial charge in [0.2, 0.25) is 17.7 Å². The molecule has 5 unspecified atom stereocenters. The van der Waals surface area contributed by atoms with Gasteiger partial charge in [-0.2, -0.15) is 11.8 Å².